The average molecular weight is 280 g/mol. The van der Waals surface area contributed by atoms with Crippen molar-refractivity contribution in [1.29, 1.82) is 0 Å². The van der Waals surface area contributed by atoms with E-state index in [2.05, 4.69) is 10.3 Å². The zero-order valence-electron chi connectivity index (χ0n) is 11.1. The van der Waals surface area contributed by atoms with E-state index in [9.17, 15) is 4.79 Å². The molecule has 2 aromatic carbocycles. The van der Waals surface area contributed by atoms with E-state index in [-0.39, 0.29) is 12.7 Å². The maximum absolute atomic E-state index is 12.4. The van der Waals surface area contributed by atoms with E-state index in [0.29, 0.717) is 22.7 Å². The Bertz CT molecular complexity index is 838. The second-order valence-electron chi connectivity index (χ2n) is 4.77. The Morgan fingerprint density at radius 3 is 2.90 bits per heavy atom. The van der Waals surface area contributed by atoms with Gasteiger partial charge in [0.05, 0.1) is 5.56 Å². The molecule has 5 nitrogen and oxygen atoms in total. The van der Waals surface area contributed by atoms with Gasteiger partial charge in [0.25, 0.3) is 5.91 Å². The fraction of sp³-hybridized carbons (Fsp3) is 0.0625. The summed E-state index contributed by atoms with van der Waals surface area (Å²) >= 11 is 0. The maximum Gasteiger partial charge on any atom is 0.257 e. The van der Waals surface area contributed by atoms with Gasteiger partial charge >= 0.3 is 0 Å². The molecule has 1 aromatic heterocycles. The normalized spacial score (nSPS) is 12.6. The first-order valence-corrected chi connectivity index (χ1v) is 6.58. The number of amides is 1. The Balaban J connectivity index is 1.63. The highest BCUT2D eigenvalue weighted by Crippen LogP contribution is 2.34. The number of para-hydroxylation sites is 1. The number of carbonyl (C=O) groups excluding carboxylic acids is 1. The molecule has 0 unspecified atom stereocenters. The fourth-order valence-corrected chi connectivity index (χ4v) is 2.43. The summed E-state index contributed by atoms with van der Waals surface area (Å²) in [5, 5.41) is 3.77. The van der Waals surface area contributed by atoms with Crippen LogP contribution in [0.15, 0.2) is 48.7 Å². The molecule has 0 saturated carbocycles. The van der Waals surface area contributed by atoms with E-state index in [4.69, 9.17) is 9.47 Å². The zero-order chi connectivity index (χ0) is 14.2. The number of hydrogen-bond donors (Lipinski definition) is 2. The summed E-state index contributed by atoms with van der Waals surface area (Å²) in [4.78, 5) is 15.5. The van der Waals surface area contributed by atoms with Crippen molar-refractivity contribution < 1.29 is 14.3 Å². The largest absolute Gasteiger partial charge is 0.454 e. The van der Waals surface area contributed by atoms with E-state index in [1.807, 2.05) is 24.3 Å². The fourth-order valence-electron chi connectivity index (χ4n) is 2.43. The number of aromatic amines is 1. The Hall–Kier alpha value is -2.95. The van der Waals surface area contributed by atoms with Crippen LogP contribution in [0.1, 0.15) is 10.4 Å². The highest BCUT2D eigenvalue weighted by molar-refractivity contribution is 6.12. The first-order valence-electron chi connectivity index (χ1n) is 6.58. The SMILES string of the molecule is O=C(Nc1ccc2c(c1)OCO2)c1c[nH]c2ccccc12. The molecule has 1 aliphatic rings. The van der Waals surface area contributed by atoms with Gasteiger partial charge < -0.3 is 19.8 Å². The maximum atomic E-state index is 12.4. The van der Waals surface area contributed by atoms with Gasteiger partial charge in [-0.05, 0) is 18.2 Å². The molecule has 0 atom stereocenters. The lowest BCUT2D eigenvalue weighted by molar-refractivity contribution is 0.102. The molecular formula is C16H12N2O3. The van der Waals surface area contributed by atoms with Crippen molar-refractivity contribution in [2.75, 3.05) is 12.1 Å². The summed E-state index contributed by atoms with van der Waals surface area (Å²) in [6, 6.07) is 13.0. The number of benzene rings is 2. The molecule has 104 valence electrons. The van der Waals surface area contributed by atoms with Crippen LogP contribution in [0.2, 0.25) is 0 Å². The van der Waals surface area contributed by atoms with Crippen LogP contribution >= 0.6 is 0 Å². The Labute approximate surface area is 120 Å². The number of hydrogen-bond acceptors (Lipinski definition) is 3. The van der Waals surface area contributed by atoms with Crippen LogP contribution in [0, 0.1) is 0 Å². The van der Waals surface area contributed by atoms with Crippen molar-refractivity contribution in [3.63, 3.8) is 0 Å². The molecule has 0 saturated heterocycles. The summed E-state index contributed by atoms with van der Waals surface area (Å²) in [6.45, 7) is 0.217. The number of rotatable bonds is 2. The molecule has 0 aliphatic carbocycles. The number of H-pyrrole nitrogens is 1. The van der Waals surface area contributed by atoms with Gasteiger partial charge in [-0.2, -0.15) is 0 Å². The van der Waals surface area contributed by atoms with Gasteiger partial charge in [-0.15, -0.1) is 0 Å². The average Bonchev–Trinajstić information content (AvgIpc) is 3.13. The van der Waals surface area contributed by atoms with E-state index < -0.39 is 0 Å². The van der Waals surface area contributed by atoms with Crippen molar-refractivity contribution in [3.05, 3.63) is 54.2 Å². The Morgan fingerprint density at radius 1 is 1.10 bits per heavy atom. The number of carbonyl (C=O) groups is 1. The smallest absolute Gasteiger partial charge is 0.257 e. The van der Waals surface area contributed by atoms with Crippen LogP contribution in [-0.4, -0.2) is 17.7 Å². The summed E-state index contributed by atoms with van der Waals surface area (Å²) in [6.07, 6.45) is 1.72. The van der Waals surface area contributed by atoms with E-state index in [0.717, 1.165) is 10.9 Å². The molecule has 21 heavy (non-hydrogen) atoms. The molecule has 2 heterocycles. The number of nitrogens with one attached hydrogen (secondary N) is 2. The molecule has 0 spiro atoms. The van der Waals surface area contributed by atoms with E-state index in [1.54, 1.807) is 24.4 Å². The Morgan fingerprint density at radius 2 is 1.95 bits per heavy atom. The number of ether oxygens (including phenoxy) is 2. The summed E-state index contributed by atoms with van der Waals surface area (Å²) in [5.74, 6) is 1.18. The lowest BCUT2D eigenvalue weighted by atomic mass is 10.1. The first-order chi connectivity index (χ1) is 10.3. The van der Waals surface area contributed by atoms with Gasteiger partial charge in [0.15, 0.2) is 11.5 Å². The molecule has 0 bridgehead atoms. The summed E-state index contributed by atoms with van der Waals surface area (Å²) in [7, 11) is 0. The van der Waals surface area contributed by atoms with Crippen molar-refractivity contribution in [2.24, 2.45) is 0 Å². The zero-order valence-corrected chi connectivity index (χ0v) is 11.1. The van der Waals surface area contributed by atoms with Crippen molar-refractivity contribution in [2.45, 2.75) is 0 Å². The van der Waals surface area contributed by atoms with Gasteiger partial charge in [-0.3, -0.25) is 4.79 Å². The van der Waals surface area contributed by atoms with Crippen LogP contribution in [0.25, 0.3) is 10.9 Å². The molecule has 3 aromatic rings. The molecule has 0 fully saturated rings. The number of aromatic nitrogens is 1. The van der Waals surface area contributed by atoms with Gasteiger partial charge in [-0.1, -0.05) is 18.2 Å². The number of anilines is 1. The minimum Gasteiger partial charge on any atom is -0.454 e. The quantitative estimate of drug-likeness (QED) is 0.758. The minimum atomic E-state index is -0.161. The summed E-state index contributed by atoms with van der Waals surface area (Å²) in [5.41, 5.74) is 2.23. The highest BCUT2D eigenvalue weighted by Gasteiger charge is 2.16. The lowest BCUT2D eigenvalue weighted by Gasteiger charge is -2.05. The Kier molecular flexibility index (Phi) is 2.57. The van der Waals surface area contributed by atoms with Crippen molar-refractivity contribution in [3.8, 4) is 11.5 Å². The molecule has 1 aliphatic heterocycles. The van der Waals surface area contributed by atoms with Gasteiger partial charge in [-0.25, -0.2) is 0 Å². The molecule has 5 heteroatoms. The van der Waals surface area contributed by atoms with Crippen molar-refractivity contribution in [1.82, 2.24) is 4.98 Å². The topological polar surface area (TPSA) is 63.4 Å². The predicted octanol–water partition coefficient (Wildman–Crippen LogP) is 3.15. The standard InChI is InChI=1S/C16H12N2O3/c19-16(12-8-17-13-4-2-1-3-11(12)13)18-10-5-6-14-15(7-10)21-9-20-14/h1-8,17H,9H2,(H,18,19). The van der Waals surface area contributed by atoms with Crippen LogP contribution in [0.5, 0.6) is 11.5 Å². The van der Waals surface area contributed by atoms with Crippen LogP contribution in [0.3, 0.4) is 0 Å². The third kappa shape index (κ3) is 1.99. The molecule has 2 N–H and O–H groups in total. The number of fused-ring (bicyclic) bond motifs is 2. The van der Waals surface area contributed by atoms with Crippen LogP contribution in [-0.2, 0) is 0 Å². The molecule has 4 rings (SSSR count). The summed E-state index contributed by atoms with van der Waals surface area (Å²) < 4.78 is 10.6. The lowest BCUT2D eigenvalue weighted by Crippen LogP contribution is -2.11. The monoisotopic (exact) mass is 280 g/mol. The first kappa shape index (κ1) is 11.8. The highest BCUT2D eigenvalue weighted by atomic mass is 16.7. The van der Waals surface area contributed by atoms with Crippen LogP contribution in [0.4, 0.5) is 5.69 Å². The van der Waals surface area contributed by atoms with E-state index >= 15 is 0 Å². The molecule has 1 amide bonds. The van der Waals surface area contributed by atoms with Gasteiger partial charge in [0.1, 0.15) is 0 Å². The minimum absolute atomic E-state index is 0.161. The van der Waals surface area contributed by atoms with Gasteiger partial charge in [0.2, 0.25) is 6.79 Å². The van der Waals surface area contributed by atoms with Gasteiger partial charge in [0, 0.05) is 28.9 Å². The van der Waals surface area contributed by atoms with Crippen molar-refractivity contribution >= 4 is 22.5 Å². The third-order valence-corrected chi connectivity index (χ3v) is 3.46. The van der Waals surface area contributed by atoms with E-state index in [1.165, 1.54) is 0 Å². The molecular weight excluding hydrogens is 268 g/mol. The predicted molar refractivity (Wildman–Crippen MR) is 78.8 cm³/mol. The second-order valence-corrected chi connectivity index (χ2v) is 4.77. The molecule has 0 radical (unpaired) electrons. The second kappa shape index (κ2) is 4.56. The van der Waals surface area contributed by atoms with Crippen LogP contribution < -0.4 is 14.8 Å². The third-order valence-electron chi connectivity index (χ3n) is 3.46.